The summed E-state index contributed by atoms with van der Waals surface area (Å²) in [4.78, 5) is 23.2. The first-order chi connectivity index (χ1) is 9.82. The van der Waals surface area contributed by atoms with Crippen LogP contribution in [-0.4, -0.2) is 17.0 Å². The molecule has 5 nitrogen and oxygen atoms in total. The molecule has 0 bridgehead atoms. The highest BCUT2D eigenvalue weighted by atomic mass is 16.4. The maximum Gasteiger partial charge on any atom is 0.335 e. The van der Waals surface area contributed by atoms with Gasteiger partial charge in [-0.15, -0.1) is 0 Å². The van der Waals surface area contributed by atoms with Crippen molar-refractivity contribution in [3.05, 3.63) is 29.8 Å². The van der Waals surface area contributed by atoms with Crippen molar-refractivity contribution in [2.24, 2.45) is 11.3 Å². The van der Waals surface area contributed by atoms with Gasteiger partial charge in [0.1, 0.15) is 0 Å². The summed E-state index contributed by atoms with van der Waals surface area (Å²) < 4.78 is 0. The first kappa shape index (κ1) is 16.7. The van der Waals surface area contributed by atoms with E-state index in [1.807, 2.05) is 13.8 Å². The lowest BCUT2D eigenvalue weighted by Crippen LogP contribution is -2.34. The van der Waals surface area contributed by atoms with Gasteiger partial charge in [-0.2, -0.15) is 5.26 Å². The van der Waals surface area contributed by atoms with E-state index in [2.05, 4.69) is 11.4 Å². The molecule has 2 unspecified atom stereocenters. The minimum Gasteiger partial charge on any atom is -0.478 e. The summed E-state index contributed by atoms with van der Waals surface area (Å²) in [7, 11) is 0. The Bertz CT molecular complexity index is 560. The second-order valence-corrected chi connectivity index (χ2v) is 5.49. The number of aromatic carboxylic acids is 1. The van der Waals surface area contributed by atoms with E-state index in [0.717, 1.165) is 0 Å². The van der Waals surface area contributed by atoms with Crippen LogP contribution in [0.25, 0.3) is 0 Å². The summed E-state index contributed by atoms with van der Waals surface area (Å²) in [6.07, 6.45) is 1.11. The Hall–Kier alpha value is -2.35. The minimum atomic E-state index is -1.01. The molecular formula is C16H20N2O3. The zero-order valence-corrected chi connectivity index (χ0v) is 12.5. The monoisotopic (exact) mass is 288 g/mol. The van der Waals surface area contributed by atoms with Crippen molar-refractivity contribution in [2.75, 3.05) is 5.32 Å². The summed E-state index contributed by atoms with van der Waals surface area (Å²) in [5.74, 6) is -1.36. The zero-order chi connectivity index (χ0) is 16.0. The van der Waals surface area contributed by atoms with Crippen molar-refractivity contribution in [1.29, 1.82) is 5.26 Å². The van der Waals surface area contributed by atoms with Crippen molar-refractivity contribution >= 4 is 17.6 Å². The van der Waals surface area contributed by atoms with Crippen LogP contribution in [-0.2, 0) is 4.79 Å². The Morgan fingerprint density at radius 2 is 1.95 bits per heavy atom. The van der Waals surface area contributed by atoms with Gasteiger partial charge in [0.25, 0.3) is 0 Å². The number of hydrogen-bond donors (Lipinski definition) is 2. The Morgan fingerprint density at radius 1 is 1.38 bits per heavy atom. The van der Waals surface area contributed by atoms with Gasteiger partial charge in [0.2, 0.25) is 5.91 Å². The summed E-state index contributed by atoms with van der Waals surface area (Å²) >= 11 is 0. The number of amides is 1. The van der Waals surface area contributed by atoms with Gasteiger partial charge in [0, 0.05) is 17.0 Å². The predicted octanol–water partition coefficient (Wildman–Crippen LogP) is 3.29. The number of carbonyl (C=O) groups is 2. The minimum absolute atomic E-state index is 0.157. The molecule has 0 aliphatic carbocycles. The number of rotatable bonds is 6. The molecule has 5 heteroatoms. The topological polar surface area (TPSA) is 90.2 Å². The number of hydrogen-bond acceptors (Lipinski definition) is 3. The summed E-state index contributed by atoms with van der Waals surface area (Å²) in [6, 6.07) is 8.16. The van der Waals surface area contributed by atoms with Crippen LogP contribution >= 0.6 is 0 Å². The van der Waals surface area contributed by atoms with Crippen LogP contribution in [0.2, 0.25) is 0 Å². The van der Waals surface area contributed by atoms with Gasteiger partial charge < -0.3 is 10.4 Å². The van der Waals surface area contributed by atoms with E-state index < -0.39 is 11.4 Å². The van der Waals surface area contributed by atoms with Gasteiger partial charge >= 0.3 is 5.97 Å². The lowest BCUT2D eigenvalue weighted by molar-refractivity contribution is -0.125. The molecule has 21 heavy (non-hydrogen) atoms. The molecule has 112 valence electrons. The molecule has 0 aliphatic heterocycles. The average molecular weight is 288 g/mol. The Labute approximate surface area is 124 Å². The molecule has 0 saturated heterocycles. The smallest absolute Gasteiger partial charge is 0.335 e. The van der Waals surface area contributed by atoms with Crippen LogP contribution in [0.1, 0.15) is 44.0 Å². The molecule has 0 fully saturated rings. The number of benzene rings is 1. The quantitative estimate of drug-likeness (QED) is 0.840. The average Bonchev–Trinajstić information content (AvgIpc) is 2.47. The number of anilines is 1. The summed E-state index contributed by atoms with van der Waals surface area (Å²) in [5, 5.41) is 20.5. The highest BCUT2D eigenvalue weighted by molar-refractivity contribution is 5.95. The van der Waals surface area contributed by atoms with Gasteiger partial charge in [0.15, 0.2) is 0 Å². The number of nitrogens with one attached hydrogen (secondary N) is 1. The Kier molecular flexibility index (Phi) is 5.48. The molecule has 0 heterocycles. The molecule has 0 aromatic heterocycles. The zero-order valence-electron chi connectivity index (χ0n) is 12.5. The van der Waals surface area contributed by atoms with E-state index in [1.54, 1.807) is 19.1 Å². The molecule has 0 radical (unpaired) electrons. The number of carboxylic acid groups (broad SMARTS) is 1. The first-order valence-electron chi connectivity index (χ1n) is 6.87. The molecule has 0 aliphatic rings. The number of nitriles is 1. The van der Waals surface area contributed by atoms with Gasteiger partial charge in [-0.1, -0.05) is 13.8 Å². The van der Waals surface area contributed by atoms with Gasteiger partial charge in [-0.3, -0.25) is 4.79 Å². The SMILES string of the molecule is CCC(C)(CC(C)C#N)C(=O)Nc1ccc(C(=O)O)cc1. The maximum absolute atomic E-state index is 12.4. The summed E-state index contributed by atoms with van der Waals surface area (Å²) in [6.45, 7) is 5.54. The Morgan fingerprint density at radius 3 is 2.38 bits per heavy atom. The van der Waals surface area contributed by atoms with Crippen LogP contribution in [0.4, 0.5) is 5.69 Å². The summed E-state index contributed by atoms with van der Waals surface area (Å²) in [5.41, 5.74) is 0.0966. The highest BCUT2D eigenvalue weighted by Crippen LogP contribution is 2.31. The molecule has 1 rings (SSSR count). The molecule has 1 aromatic carbocycles. The van der Waals surface area contributed by atoms with Gasteiger partial charge in [-0.25, -0.2) is 4.79 Å². The van der Waals surface area contributed by atoms with Crippen LogP contribution in [0.5, 0.6) is 0 Å². The van der Waals surface area contributed by atoms with E-state index in [0.29, 0.717) is 18.5 Å². The molecular weight excluding hydrogens is 268 g/mol. The number of nitrogens with zero attached hydrogens (tertiary/aromatic N) is 1. The van der Waals surface area contributed by atoms with Crippen molar-refractivity contribution in [3.8, 4) is 6.07 Å². The standard InChI is InChI=1S/C16H20N2O3/c1-4-16(3,9-11(2)10-17)15(21)18-13-7-5-12(6-8-13)14(19)20/h5-8,11H,4,9H2,1-3H3,(H,18,21)(H,19,20). The molecule has 1 amide bonds. The predicted molar refractivity (Wildman–Crippen MR) is 79.8 cm³/mol. The number of carbonyl (C=O) groups excluding carboxylic acids is 1. The molecule has 0 saturated carbocycles. The van der Waals surface area contributed by atoms with E-state index in [4.69, 9.17) is 10.4 Å². The first-order valence-corrected chi connectivity index (χ1v) is 6.87. The van der Waals surface area contributed by atoms with Crippen molar-refractivity contribution in [1.82, 2.24) is 0 Å². The van der Waals surface area contributed by atoms with Crippen molar-refractivity contribution in [3.63, 3.8) is 0 Å². The third kappa shape index (κ3) is 4.32. The lowest BCUT2D eigenvalue weighted by atomic mass is 9.78. The fourth-order valence-electron chi connectivity index (χ4n) is 2.10. The van der Waals surface area contributed by atoms with Crippen LogP contribution in [0.15, 0.2) is 24.3 Å². The molecule has 2 N–H and O–H groups in total. The number of carboxylic acids is 1. The largest absolute Gasteiger partial charge is 0.478 e. The van der Waals surface area contributed by atoms with Gasteiger partial charge in [-0.05, 0) is 44.0 Å². The van der Waals surface area contributed by atoms with Gasteiger partial charge in [0.05, 0.1) is 11.6 Å². The van der Waals surface area contributed by atoms with E-state index in [9.17, 15) is 9.59 Å². The second-order valence-electron chi connectivity index (χ2n) is 5.49. The van der Waals surface area contributed by atoms with Crippen molar-refractivity contribution < 1.29 is 14.7 Å². The fraction of sp³-hybridized carbons (Fsp3) is 0.438. The molecule has 0 spiro atoms. The van der Waals surface area contributed by atoms with Crippen LogP contribution in [0, 0.1) is 22.7 Å². The third-order valence-electron chi connectivity index (χ3n) is 3.70. The normalized spacial score (nSPS) is 14.6. The Balaban J connectivity index is 2.83. The van der Waals surface area contributed by atoms with E-state index in [1.165, 1.54) is 12.1 Å². The maximum atomic E-state index is 12.4. The third-order valence-corrected chi connectivity index (χ3v) is 3.70. The van der Waals surface area contributed by atoms with Crippen molar-refractivity contribution in [2.45, 2.75) is 33.6 Å². The molecule has 1 aromatic rings. The van der Waals surface area contributed by atoms with Crippen LogP contribution in [0.3, 0.4) is 0 Å². The second kappa shape index (κ2) is 6.89. The highest BCUT2D eigenvalue weighted by Gasteiger charge is 2.33. The van der Waals surface area contributed by atoms with E-state index in [-0.39, 0.29) is 17.4 Å². The fourth-order valence-corrected chi connectivity index (χ4v) is 2.10. The van der Waals surface area contributed by atoms with E-state index >= 15 is 0 Å². The lowest BCUT2D eigenvalue weighted by Gasteiger charge is -2.28. The van der Waals surface area contributed by atoms with Crippen LogP contribution < -0.4 is 5.32 Å². The molecule has 2 atom stereocenters.